The monoisotopic (exact) mass is 287 g/mol. The van der Waals surface area contributed by atoms with Crippen LogP contribution in [0.5, 0.6) is 0 Å². The second kappa shape index (κ2) is 4.53. The highest BCUT2D eigenvalue weighted by Gasteiger charge is 2.47. The SMILES string of the molecule is Cc1noc([C@@H]2[C@@H](C)OCCN2S(=O)(=O)C2CC2)n1. The first kappa shape index (κ1) is 13.0. The van der Waals surface area contributed by atoms with Gasteiger partial charge in [-0.05, 0) is 26.7 Å². The molecule has 0 N–H and O–H groups in total. The van der Waals surface area contributed by atoms with Crippen LogP contribution in [0.2, 0.25) is 0 Å². The summed E-state index contributed by atoms with van der Waals surface area (Å²) >= 11 is 0. The van der Waals surface area contributed by atoms with Gasteiger partial charge in [0.05, 0.1) is 18.0 Å². The highest BCUT2D eigenvalue weighted by molar-refractivity contribution is 7.90. The van der Waals surface area contributed by atoms with E-state index < -0.39 is 16.1 Å². The van der Waals surface area contributed by atoms with Crippen molar-refractivity contribution < 1.29 is 17.7 Å². The third-order valence-corrected chi connectivity index (χ3v) is 5.89. The molecular formula is C11H17N3O4S. The second-order valence-corrected chi connectivity index (χ2v) is 7.22. The van der Waals surface area contributed by atoms with Crippen LogP contribution in [0.3, 0.4) is 0 Å². The zero-order valence-electron chi connectivity index (χ0n) is 10.9. The summed E-state index contributed by atoms with van der Waals surface area (Å²) in [6, 6.07) is -0.513. The minimum Gasteiger partial charge on any atom is -0.375 e. The molecule has 0 spiro atoms. The molecule has 1 saturated heterocycles. The lowest BCUT2D eigenvalue weighted by atomic mass is 10.1. The van der Waals surface area contributed by atoms with Crippen molar-refractivity contribution in [3.8, 4) is 0 Å². The summed E-state index contributed by atoms with van der Waals surface area (Å²) < 4.78 is 37.1. The van der Waals surface area contributed by atoms with Crippen LogP contribution < -0.4 is 0 Å². The summed E-state index contributed by atoms with van der Waals surface area (Å²) in [7, 11) is -3.28. The molecule has 0 unspecified atom stereocenters. The molecule has 0 bridgehead atoms. The van der Waals surface area contributed by atoms with Crippen molar-refractivity contribution in [2.24, 2.45) is 0 Å². The number of morpholine rings is 1. The van der Waals surface area contributed by atoms with Crippen molar-refractivity contribution >= 4 is 10.0 Å². The van der Waals surface area contributed by atoms with E-state index in [1.807, 2.05) is 6.92 Å². The number of aromatic nitrogens is 2. The van der Waals surface area contributed by atoms with E-state index in [0.29, 0.717) is 24.9 Å². The Morgan fingerprint density at radius 1 is 1.37 bits per heavy atom. The van der Waals surface area contributed by atoms with E-state index in [-0.39, 0.29) is 11.4 Å². The van der Waals surface area contributed by atoms with Crippen molar-refractivity contribution in [3.63, 3.8) is 0 Å². The fourth-order valence-electron chi connectivity index (χ4n) is 2.39. The Morgan fingerprint density at radius 3 is 2.68 bits per heavy atom. The van der Waals surface area contributed by atoms with E-state index in [1.165, 1.54) is 4.31 Å². The number of aryl methyl sites for hydroxylation is 1. The molecule has 2 fully saturated rings. The van der Waals surface area contributed by atoms with Gasteiger partial charge in [-0.1, -0.05) is 5.16 Å². The molecule has 7 nitrogen and oxygen atoms in total. The molecule has 19 heavy (non-hydrogen) atoms. The lowest BCUT2D eigenvalue weighted by molar-refractivity contribution is -0.0402. The minimum absolute atomic E-state index is 0.246. The van der Waals surface area contributed by atoms with Gasteiger partial charge in [0.1, 0.15) is 6.04 Å². The number of ether oxygens (including phenoxy) is 1. The molecule has 0 amide bonds. The topological polar surface area (TPSA) is 85.5 Å². The quantitative estimate of drug-likeness (QED) is 0.810. The fourth-order valence-corrected chi connectivity index (χ4v) is 4.41. The smallest absolute Gasteiger partial charge is 0.247 e. The molecule has 0 aromatic carbocycles. The average Bonchev–Trinajstić information content (AvgIpc) is 3.13. The largest absolute Gasteiger partial charge is 0.375 e. The third kappa shape index (κ3) is 2.28. The summed E-state index contributed by atoms with van der Waals surface area (Å²) in [6.07, 6.45) is 1.19. The molecule has 0 radical (unpaired) electrons. The van der Waals surface area contributed by atoms with Crippen molar-refractivity contribution in [1.82, 2.24) is 14.4 Å². The molecule has 1 aliphatic carbocycles. The van der Waals surface area contributed by atoms with Crippen LogP contribution in [0.1, 0.15) is 37.5 Å². The summed E-state index contributed by atoms with van der Waals surface area (Å²) in [5, 5.41) is 3.49. The van der Waals surface area contributed by atoms with E-state index in [4.69, 9.17) is 9.26 Å². The van der Waals surface area contributed by atoms with Crippen LogP contribution in [0.4, 0.5) is 0 Å². The normalized spacial score (nSPS) is 29.6. The van der Waals surface area contributed by atoms with Crippen molar-refractivity contribution in [3.05, 3.63) is 11.7 Å². The lowest BCUT2D eigenvalue weighted by Gasteiger charge is -2.36. The first-order valence-electron chi connectivity index (χ1n) is 6.42. The average molecular weight is 287 g/mol. The minimum atomic E-state index is -3.28. The number of rotatable bonds is 3. The molecule has 1 aromatic heterocycles. The van der Waals surface area contributed by atoms with Gasteiger partial charge in [0.2, 0.25) is 15.9 Å². The standard InChI is InChI=1S/C11H17N3O4S/c1-7-10(11-12-8(2)13-18-11)14(5-6-17-7)19(15,16)9-3-4-9/h7,9-10H,3-6H2,1-2H3/t7-,10+/m1/s1. The fraction of sp³-hybridized carbons (Fsp3) is 0.818. The molecule has 1 saturated carbocycles. The van der Waals surface area contributed by atoms with Gasteiger partial charge in [0, 0.05) is 6.54 Å². The maximum atomic E-state index is 12.5. The summed E-state index contributed by atoms with van der Waals surface area (Å²) in [6.45, 7) is 4.28. The molecule has 2 aliphatic rings. The van der Waals surface area contributed by atoms with Crippen molar-refractivity contribution in [2.75, 3.05) is 13.2 Å². The molecule has 8 heteroatoms. The van der Waals surface area contributed by atoms with Gasteiger partial charge in [0.25, 0.3) is 0 Å². The predicted molar refractivity (Wildman–Crippen MR) is 65.8 cm³/mol. The van der Waals surface area contributed by atoms with Gasteiger partial charge in [-0.15, -0.1) is 0 Å². The lowest BCUT2D eigenvalue weighted by Crippen LogP contribution is -2.48. The van der Waals surface area contributed by atoms with Gasteiger partial charge < -0.3 is 9.26 Å². The van der Waals surface area contributed by atoms with Crippen LogP contribution >= 0.6 is 0 Å². The Morgan fingerprint density at radius 2 is 2.11 bits per heavy atom. The molecule has 1 aromatic rings. The third-order valence-electron chi connectivity index (χ3n) is 3.52. The molecule has 2 heterocycles. The summed E-state index contributed by atoms with van der Waals surface area (Å²) in [4.78, 5) is 4.16. The Balaban J connectivity index is 1.96. The summed E-state index contributed by atoms with van der Waals surface area (Å²) in [5.41, 5.74) is 0. The second-order valence-electron chi connectivity index (χ2n) is 5.06. The van der Waals surface area contributed by atoms with Gasteiger partial charge in [-0.3, -0.25) is 0 Å². The predicted octanol–water partition coefficient (Wildman–Crippen LogP) is 0.632. The first-order chi connectivity index (χ1) is 9.00. The number of nitrogens with zero attached hydrogens (tertiary/aromatic N) is 3. The highest BCUT2D eigenvalue weighted by Crippen LogP contribution is 2.38. The van der Waals surface area contributed by atoms with Crippen LogP contribution in [-0.2, 0) is 14.8 Å². The van der Waals surface area contributed by atoms with Gasteiger partial charge >= 0.3 is 0 Å². The van der Waals surface area contributed by atoms with Crippen LogP contribution in [0.15, 0.2) is 4.52 Å². The molecule has 106 valence electrons. The van der Waals surface area contributed by atoms with Crippen LogP contribution in [0.25, 0.3) is 0 Å². The zero-order valence-corrected chi connectivity index (χ0v) is 11.8. The Kier molecular flexibility index (Phi) is 3.11. The van der Waals surface area contributed by atoms with E-state index in [1.54, 1.807) is 6.92 Å². The van der Waals surface area contributed by atoms with Crippen LogP contribution in [0, 0.1) is 6.92 Å². The van der Waals surface area contributed by atoms with E-state index in [0.717, 1.165) is 12.8 Å². The maximum absolute atomic E-state index is 12.5. The van der Waals surface area contributed by atoms with E-state index in [9.17, 15) is 8.42 Å². The molecule has 1 aliphatic heterocycles. The van der Waals surface area contributed by atoms with Gasteiger partial charge in [-0.2, -0.15) is 9.29 Å². The number of sulfonamides is 1. The number of hydrogen-bond donors (Lipinski definition) is 0. The number of hydrogen-bond acceptors (Lipinski definition) is 6. The van der Waals surface area contributed by atoms with Crippen molar-refractivity contribution in [2.45, 2.75) is 44.1 Å². The molecule has 3 rings (SSSR count). The van der Waals surface area contributed by atoms with E-state index >= 15 is 0 Å². The van der Waals surface area contributed by atoms with Crippen LogP contribution in [-0.4, -0.2) is 47.4 Å². The Bertz CT molecular complexity index is 566. The Hall–Kier alpha value is -0.990. The van der Waals surface area contributed by atoms with Gasteiger partial charge in [0.15, 0.2) is 5.82 Å². The zero-order chi connectivity index (χ0) is 13.6. The van der Waals surface area contributed by atoms with E-state index in [2.05, 4.69) is 10.1 Å². The van der Waals surface area contributed by atoms with Gasteiger partial charge in [-0.25, -0.2) is 8.42 Å². The highest BCUT2D eigenvalue weighted by atomic mass is 32.2. The molecule has 2 atom stereocenters. The first-order valence-corrected chi connectivity index (χ1v) is 7.93. The Labute approximate surface area is 112 Å². The molecular weight excluding hydrogens is 270 g/mol. The summed E-state index contributed by atoms with van der Waals surface area (Å²) in [5.74, 6) is 0.811. The maximum Gasteiger partial charge on any atom is 0.247 e. The van der Waals surface area contributed by atoms with Crippen molar-refractivity contribution in [1.29, 1.82) is 0 Å².